The quantitative estimate of drug-likeness (QED) is 0.591. The first kappa shape index (κ1) is 17.9. The van der Waals surface area contributed by atoms with Gasteiger partial charge in [0.25, 0.3) is 0 Å². The minimum Gasteiger partial charge on any atom is -0.368 e. The Kier molecular flexibility index (Phi) is 7.29. The van der Waals surface area contributed by atoms with E-state index in [1.54, 1.807) is 20.8 Å². The van der Waals surface area contributed by atoms with Crippen LogP contribution in [0.1, 0.15) is 34.1 Å². The number of carbonyl (C=O) groups is 3. The topological polar surface area (TPSA) is 125 Å². The second-order valence-corrected chi connectivity index (χ2v) is 5.15. The first-order valence-corrected chi connectivity index (χ1v) is 6.45. The van der Waals surface area contributed by atoms with Crippen LogP contribution >= 0.6 is 0 Å². The molecule has 0 aromatic heterocycles. The molecule has 0 bridgehead atoms. The number of hydrogen-bond acceptors (Lipinski definition) is 4. The van der Waals surface area contributed by atoms with Gasteiger partial charge in [0.2, 0.25) is 17.7 Å². The minimum absolute atomic E-state index is 0.138. The number of nitrogens with two attached hydrogens (primary N) is 1. The lowest BCUT2D eigenvalue weighted by atomic mass is 10.00. The Morgan fingerprint density at radius 2 is 1.75 bits per heavy atom. The van der Waals surface area contributed by atoms with Crippen LogP contribution in [0.25, 0.3) is 0 Å². The van der Waals surface area contributed by atoms with Crippen molar-refractivity contribution in [2.45, 2.75) is 46.2 Å². The number of rotatable bonds is 7. The van der Waals surface area contributed by atoms with Crippen LogP contribution in [0.3, 0.4) is 0 Å². The highest BCUT2D eigenvalue weighted by Gasteiger charge is 2.27. The Labute approximate surface area is 118 Å². The zero-order chi connectivity index (χ0) is 15.9. The Balaban J connectivity index is 4.84. The molecule has 0 aromatic rings. The summed E-state index contributed by atoms with van der Waals surface area (Å²) in [6.07, 6.45) is 0.141. The largest absolute Gasteiger partial charge is 0.368 e. The maximum atomic E-state index is 12.1. The van der Waals surface area contributed by atoms with Crippen LogP contribution in [0.15, 0.2) is 0 Å². The van der Waals surface area contributed by atoms with Crippen LogP contribution in [0.2, 0.25) is 0 Å². The van der Waals surface area contributed by atoms with Gasteiger partial charge in [0, 0.05) is 12.8 Å². The van der Waals surface area contributed by atoms with Crippen LogP contribution < -0.4 is 16.4 Å². The molecule has 3 amide bonds. The monoisotopic (exact) mass is 282 g/mol. The summed E-state index contributed by atoms with van der Waals surface area (Å²) < 4.78 is 0. The molecule has 0 aliphatic rings. The van der Waals surface area contributed by atoms with Crippen LogP contribution in [-0.4, -0.2) is 29.8 Å². The van der Waals surface area contributed by atoms with Gasteiger partial charge in [0.1, 0.15) is 12.1 Å². The fourth-order valence-electron chi connectivity index (χ4n) is 1.67. The SMILES string of the molecule is CC(=O)N[C@@H](C(=O)N[C@@H](C[C@@H](C)C#N)C(N)=O)C(C)C. The van der Waals surface area contributed by atoms with Gasteiger partial charge < -0.3 is 16.4 Å². The summed E-state index contributed by atoms with van der Waals surface area (Å²) in [4.78, 5) is 34.5. The fourth-order valence-corrected chi connectivity index (χ4v) is 1.67. The summed E-state index contributed by atoms with van der Waals surface area (Å²) in [6.45, 7) is 6.50. The second kappa shape index (κ2) is 8.15. The molecule has 0 radical (unpaired) electrons. The molecule has 0 heterocycles. The number of hydrogen-bond donors (Lipinski definition) is 3. The van der Waals surface area contributed by atoms with Crippen LogP contribution in [0.4, 0.5) is 0 Å². The lowest BCUT2D eigenvalue weighted by Gasteiger charge is -2.24. The average molecular weight is 282 g/mol. The molecule has 0 saturated carbocycles. The van der Waals surface area contributed by atoms with E-state index in [1.807, 2.05) is 6.07 Å². The van der Waals surface area contributed by atoms with Crippen molar-refractivity contribution in [2.75, 3.05) is 0 Å². The molecule has 3 atom stereocenters. The number of nitrogens with one attached hydrogen (secondary N) is 2. The zero-order valence-electron chi connectivity index (χ0n) is 12.3. The number of nitriles is 1. The lowest BCUT2D eigenvalue weighted by molar-refractivity contribution is -0.132. The molecule has 0 spiro atoms. The van der Waals surface area contributed by atoms with Gasteiger partial charge in [-0.15, -0.1) is 0 Å². The van der Waals surface area contributed by atoms with E-state index in [4.69, 9.17) is 11.0 Å². The highest BCUT2D eigenvalue weighted by molar-refractivity contribution is 5.91. The number of nitrogens with zero attached hydrogens (tertiary/aromatic N) is 1. The van der Waals surface area contributed by atoms with E-state index in [-0.39, 0.29) is 18.2 Å². The third-order valence-electron chi connectivity index (χ3n) is 2.78. The van der Waals surface area contributed by atoms with Gasteiger partial charge in [-0.1, -0.05) is 13.8 Å². The van der Waals surface area contributed by atoms with Gasteiger partial charge in [-0.25, -0.2) is 0 Å². The van der Waals surface area contributed by atoms with Gasteiger partial charge in [0.15, 0.2) is 0 Å². The molecule has 0 fully saturated rings. The maximum Gasteiger partial charge on any atom is 0.243 e. The molecular weight excluding hydrogens is 260 g/mol. The first-order chi connectivity index (χ1) is 9.18. The van der Waals surface area contributed by atoms with Gasteiger partial charge in [-0.3, -0.25) is 14.4 Å². The van der Waals surface area contributed by atoms with Gasteiger partial charge >= 0.3 is 0 Å². The molecule has 0 unspecified atom stereocenters. The van der Waals surface area contributed by atoms with Crippen molar-refractivity contribution < 1.29 is 14.4 Å². The van der Waals surface area contributed by atoms with Crippen molar-refractivity contribution in [2.24, 2.45) is 17.6 Å². The van der Waals surface area contributed by atoms with Gasteiger partial charge in [-0.2, -0.15) is 5.26 Å². The van der Waals surface area contributed by atoms with Crippen molar-refractivity contribution in [3.63, 3.8) is 0 Å². The highest BCUT2D eigenvalue weighted by atomic mass is 16.2. The fraction of sp³-hybridized carbons (Fsp3) is 0.692. The molecule has 4 N–H and O–H groups in total. The normalized spacial score (nSPS) is 14.8. The lowest BCUT2D eigenvalue weighted by Crippen LogP contribution is -2.54. The molecule has 20 heavy (non-hydrogen) atoms. The smallest absolute Gasteiger partial charge is 0.243 e. The van der Waals surface area contributed by atoms with E-state index in [0.29, 0.717) is 0 Å². The van der Waals surface area contributed by atoms with E-state index in [9.17, 15) is 14.4 Å². The molecule has 7 heteroatoms. The number of carbonyl (C=O) groups excluding carboxylic acids is 3. The van der Waals surface area contributed by atoms with E-state index in [1.165, 1.54) is 6.92 Å². The third-order valence-corrected chi connectivity index (χ3v) is 2.78. The Bertz CT molecular complexity index is 414. The zero-order valence-corrected chi connectivity index (χ0v) is 12.3. The average Bonchev–Trinajstić information content (AvgIpc) is 2.33. The van der Waals surface area contributed by atoms with E-state index < -0.39 is 29.8 Å². The second-order valence-electron chi connectivity index (χ2n) is 5.15. The third kappa shape index (κ3) is 6.18. The van der Waals surface area contributed by atoms with Crippen molar-refractivity contribution >= 4 is 17.7 Å². The van der Waals surface area contributed by atoms with Gasteiger partial charge in [0.05, 0.1) is 6.07 Å². The predicted octanol–water partition coefficient (Wildman–Crippen LogP) is -0.333. The summed E-state index contributed by atoms with van der Waals surface area (Å²) in [5.41, 5.74) is 5.22. The maximum absolute atomic E-state index is 12.1. The van der Waals surface area contributed by atoms with Crippen LogP contribution in [0.5, 0.6) is 0 Å². The van der Waals surface area contributed by atoms with Gasteiger partial charge in [-0.05, 0) is 19.3 Å². The standard InChI is InChI=1S/C13H22N4O3/c1-7(2)11(16-9(4)18)13(20)17-10(12(15)19)5-8(3)6-14/h7-8,10-11H,5H2,1-4H3,(H2,15,19)(H,16,18)(H,17,20)/t8-,10+,11-/m1/s1. The molecule has 112 valence electrons. The highest BCUT2D eigenvalue weighted by Crippen LogP contribution is 2.07. The van der Waals surface area contributed by atoms with E-state index in [2.05, 4.69) is 10.6 Å². The Hall–Kier alpha value is -2.10. The van der Waals surface area contributed by atoms with Crippen LogP contribution in [-0.2, 0) is 14.4 Å². The summed E-state index contributed by atoms with van der Waals surface area (Å²) in [6, 6.07) is 0.311. The minimum atomic E-state index is -0.924. The summed E-state index contributed by atoms with van der Waals surface area (Å²) >= 11 is 0. The molecular formula is C13H22N4O3. The van der Waals surface area contributed by atoms with Crippen molar-refractivity contribution in [3.8, 4) is 6.07 Å². The predicted molar refractivity (Wildman–Crippen MR) is 73.0 cm³/mol. The van der Waals surface area contributed by atoms with E-state index in [0.717, 1.165) is 0 Å². The molecule has 0 aliphatic heterocycles. The van der Waals surface area contributed by atoms with Crippen molar-refractivity contribution in [1.29, 1.82) is 5.26 Å². The first-order valence-electron chi connectivity index (χ1n) is 6.45. The molecule has 0 aliphatic carbocycles. The molecule has 7 nitrogen and oxygen atoms in total. The molecule has 0 saturated heterocycles. The van der Waals surface area contributed by atoms with E-state index >= 15 is 0 Å². The summed E-state index contributed by atoms with van der Waals surface area (Å²) in [5, 5.41) is 13.8. The summed E-state index contributed by atoms with van der Waals surface area (Å²) in [7, 11) is 0. The number of primary amides is 1. The summed E-state index contributed by atoms with van der Waals surface area (Å²) in [5.74, 6) is -2.07. The van der Waals surface area contributed by atoms with Crippen molar-refractivity contribution in [3.05, 3.63) is 0 Å². The molecule has 0 aromatic carbocycles. The molecule has 0 rings (SSSR count). The van der Waals surface area contributed by atoms with Crippen molar-refractivity contribution in [1.82, 2.24) is 10.6 Å². The van der Waals surface area contributed by atoms with Crippen LogP contribution in [0, 0.1) is 23.2 Å². The Morgan fingerprint density at radius 3 is 2.10 bits per heavy atom. The Morgan fingerprint density at radius 1 is 1.20 bits per heavy atom. The number of amides is 3.